The van der Waals surface area contributed by atoms with E-state index < -0.39 is 23.8 Å². The molecule has 0 spiro atoms. The van der Waals surface area contributed by atoms with E-state index in [9.17, 15) is 14.4 Å². The third-order valence-corrected chi connectivity index (χ3v) is 3.46. The molecule has 1 aromatic rings. The van der Waals surface area contributed by atoms with Gasteiger partial charge in [-0.3, -0.25) is 9.59 Å². The Morgan fingerprint density at radius 2 is 2.05 bits per heavy atom. The molecule has 0 aromatic carbocycles. The Hall–Kier alpha value is -1.96. The molecule has 0 aliphatic rings. The molecule has 1 atom stereocenters. The van der Waals surface area contributed by atoms with Crippen molar-refractivity contribution in [2.45, 2.75) is 32.7 Å². The molecule has 0 aliphatic heterocycles. The number of carbonyl (C=O) groups is 3. The van der Waals surface area contributed by atoms with E-state index in [1.54, 1.807) is 13.8 Å². The largest absolute Gasteiger partial charge is 0.480 e. The van der Waals surface area contributed by atoms with Crippen molar-refractivity contribution < 1.29 is 19.5 Å². The Labute approximate surface area is 113 Å². The van der Waals surface area contributed by atoms with Crippen molar-refractivity contribution >= 4 is 29.1 Å². The molecular formula is C11H15N3O4S. The molecule has 0 saturated heterocycles. The van der Waals surface area contributed by atoms with Crippen molar-refractivity contribution in [3.8, 4) is 0 Å². The zero-order valence-electron chi connectivity index (χ0n) is 10.6. The number of thiazole rings is 1. The Bertz CT molecular complexity index is 512. The number of amides is 2. The second-order valence-corrected chi connectivity index (χ2v) is 5.22. The van der Waals surface area contributed by atoms with Gasteiger partial charge in [0.1, 0.15) is 10.9 Å². The van der Waals surface area contributed by atoms with Crippen LogP contribution in [0, 0.1) is 13.8 Å². The molecule has 7 nitrogen and oxygen atoms in total. The molecule has 4 N–H and O–H groups in total. The maximum Gasteiger partial charge on any atom is 0.326 e. The summed E-state index contributed by atoms with van der Waals surface area (Å²) in [6.45, 7) is 3.44. The molecule has 0 saturated carbocycles. The Kier molecular flexibility index (Phi) is 4.99. The molecule has 19 heavy (non-hydrogen) atoms. The molecule has 1 aromatic heterocycles. The van der Waals surface area contributed by atoms with Crippen LogP contribution in [0.5, 0.6) is 0 Å². The smallest absolute Gasteiger partial charge is 0.326 e. The van der Waals surface area contributed by atoms with E-state index in [0.29, 0.717) is 10.6 Å². The summed E-state index contributed by atoms with van der Waals surface area (Å²) in [6.07, 6.45) is -0.134. The molecular weight excluding hydrogens is 270 g/mol. The normalized spacial score (nSPS) is 11.9. The number of nitrogens with two attached hydrogens (primary N) is 1. The van der Waals surface area contributed by atoms with Crippen molar-refractivity contribution in [3.63, 3.8) is 0 Å². The number of aliphatic carboxylic acids is 1. The zero-order chi connectivity index (χ0) is 14.6. The van der Waals surface area contributed by atoms with Gasteiger partial charge in [-0.05, 0) is 20.3 Å². The quantitative estimate of drug-likeness (QED) is 0.689. The SMILES string of the molecule is Cc1nc(C)c(C(=O)N[C@@H](CCC(N)=O)C(=O)O)s1. The Balaban J connectivity index is 2.74. The molecule has 104 valence electrons. The van der Waals surface area contributed by atoms with Crippen molar-refractivity contribution in [1.82, 2.24) is 10.3 Å². The molecule has 8 heteroatoms. The second kappa shape index (κ2) is 6.28. The number of carbonyl (C=O) groups excluding carboxylic acids is 2. The first-order valence-electron chi connectivity index (χ1n) is 5.57. The van der Waals surface area contributed by atoms with E-state index in [1.807, 2.05) is 0 Å². The van der Waals surface area contributed by atoms with Crippen molar-refractivity contribution in [3.05, 3.63) is 15.6 Å². The molecule has 1 rings (SSSR count). The van der Waals surface area contributed by atoms with Gasteiger partial charge in [-0.15, -0.1) is 11.3 Å². The topological polar surface area (TPSA) is 122 Å². The fourth-order valence-corrected chi connectivity index (χ4v) is 2.33. The van der Waals surface area contributed by atoms with Crippen molar-refractivity contribution in [2.75, 3.05) is 0 Å². The first-order chi connectivity index (χ1) is 8.81. The predicted octanol–water partition coefficient (Wildman–Crippen LogP) is 0.208. The van der Waals surface area contributed by atoms with Gasteiger partial charge >= 0.3 is 5.97 Å². The summed E-state index contributed by atoms with van der Waals surface area (Å²) >= 11 is 1.19. The van der Waals surface area contributed by atoms with Crippen LogP contribution < -0.4 is 11.1 Å². The molecule has 0 unspecified atom stereocenters. The van der Waals surface area contributed by atoms with Gasteiger partial charge in [0.2, 0.25) is 5.91 Å². The molecule has 0 radical (unpaired) electrons. The number of nitrogens with one attached hydrogen (secondary N) is 1. The fourth-order valence-electron chi connectivity index (χ4n) is 1.51. The summed E-state index contributed by atoms with van der Waals surface area (Å²) < 4.78 is 0. The number of carboxylic acids is 1. The number of nitrogens with zero attached hydrogens (tertiary/aromatic N) is 1. The number of primary amides is 1. The number of aryl methyl sites for hydroxylation is 2. The highest BCUT2D eigenvalue weighted by Gasteiger charge is 2.23. The number of aromatic nitrogens is 1. The first-order valence-corrected chi connectivity index (χ1v) is 6.39. The van der Waals surface area contributed by atoms with E-state index >= 15 is 0 Å². The standard InChI is InChI=1S/C11H15N3O4S/c1-5-9(19-6(2)13-5)10(16)14-7(11(17)18)3-4-8(12)15/h7H,3-4H2,1-2H3,(H2,12,15)(H,14,16)(H,17,18)/t7-/m0/s1. The van der Waals surface area contributed by atoms with Gasteiger partial charge in [-0.2, -0.15) is 0 Å². The summed E-state index contributed by atoms with van der Waals surface area (Å²) in [5, 5.41) is 12.1. The fraction of sp³-hybridized carbons (Fsp3) is 0.455. The van der Waals surface area contributed by atoms with E-state index in [-0.39, 0.29) is 12.8 Å². The monoisotopic (exact) mass is 285 g/mol. The third-order valence-electron chi connectivity index (χ3n) is 2.39. The molecule has 0 bridgehead atoms. The lowest BCUT2D eigenvalue weighted by atomic mass is 10.1. The highest BCUT2D eigenvalue weighted by molar-refractivity contribution is 7.13. The lowest BCUT2D eigenvalue weighted by molar-refractivity contribution is -0.139. The van der Waals surface area contributed by atoms with E-state index in [2.05, 4.69) is 10.3 Å². The average molecular weight is 285 g/mol. The minimum atomic E-state index is -1.20. The van der Waals surface area contributed by atoms with Gasteiger partial charge < -0.3 is 16.2 Å². The van der Waals surface area contributed by atoms with Crippen LogP contribution in [-0.2, 0) is 9.59 Å². The Morgan fingerprint density at radius 1 is 1.42 bits per heavy atom. The molecule has 0 aliphatic carbocycles. The molecule has 1 heterocycles. The van der Waals surface area contributed by atoms with Crippen LogP contribution in [0.4, 0.5) is 0 Å². The zero-order valence-corrected chi connectivity index (χ0v) is 11.4. The van der Waals surface area contributed by atoms with Gasteiger partial charge in [0.25, 0.3) is 5.91 Å². The van der Waals surface area contributed by atoms with Crippen LogP contribution in [0.2, 0.25) is 0 Å². The van der Waals surface area contributed by atoms with Crippen LogP contribution in [0.3, 0.4) is 0 Å². The predicted molar refractivity (Wildman–Crippen MR) is 68.9 cm³/mol. The van der Waals surface area contributed by atoms with Crippen molar-refractivity contribution in [2.24, 2.45) is 5.73 Å². The minimum Gasteiger partial charge on any atom is -0.480 e. The Morgan fingerprint density at radius 3 is 2.47 bits per heavy atom. The lowest BCUT2D eigenvalue weighted by Crippen LogP contribution is -2.41. The van der Waals surface area contributed by atoms with Crippen LogP contribution in [0.15, 0.2) is 0 Å². The molecule has 2 amide bonds. The maximum absolute atomic E-state index is 11.9. The minimum absolute atomic E-state index is 0.0345. The van der Waals surface area contributed by atoms with Gasteiger partial charge in [-0.1, -0.05) is 0 Å². The van der Waals surface area contributed by atoms with Crippen LogP contribution in [-0.4, -0.2) is 33.9 Å². The van der Waals surface area contributed by atoms with Gasteiger partial charge in [0.15, 0.2) is 0 Å². The highest BCUT2D eigenvalue weighted by atomic mass is 32.1. The first kappa shape index (κ1) is 15.1. The lowest BCUT2D eigenvalue weighted by Gasteiger charge is -2.13. The summed E-state index contributed by atoms with van der Waals surface area (Å²) in [6, 6.07) is -1.14. The van der Waals surface area contributed by atoms with Gasteiger partial charge in [-0.25, -0.2) is 9.78 Å². The number of rotatable bonds is 6. The summed E-state index contributed by atoms with van der Waals surface area (Å²) in [4.78, 5) is 38.0. The number of hydrogen-bond donors (Lipinski definition) is 3. The van der Waals surface area contributed by atoms with Crippen LogP contribution in [0.25, 0.3) is 0 Å². The van der Waals surface area contributed by atoms with E-state index in [0.717, 1.165) is 5.01 Å². The second-order valence-electron chi connectivity index (χ2n) is 4.02. The summed E-state index contributed by atoms with van der Waals surface area (Å²) in [5.41, 5.74) is 5.51. The van der Waals surface area contributed by atoms with Crippen LogP contribution >= 0.6 is 11.3 Å². The number of hydrogen-bond acceptors (Lipinski definition) is 5. The van der Waals surface area contributed by atoms with Crippen LogP contribution in [0.1, 0.15) is 33.2 Å². The van der Waals surface area contributed by atoms with Gasteiger partial charge in [0.05, 0.1) is 10.7 Å². The number of carboxylic acid groups (broad SMARTS) is 1. The van der Waals surface area contributed by atoms with Gasteiger partial charge in [0, 0.05) is 6.42 Å². The summed E-state index contributed by atoms with van der Waals surface area (Å²) in [5.74, 6) is -2.31. The maximum atomic E-state index is 11.9. The molecule has 0 fully saturated rings. The van der Waals surface area contributed by atoms with Crippen molar-refractivity contribution in [1.29, 1.82) is 0 Å². The summed E-state index contributed by atoms with van der Waals surface area (Å²) in [7, 11) is 0. The highest BCUT2D eigenvalue weighted by Crippen LogP contribution is 2.17. The van der Waals surface area contributed by atoms with E-state index in [1.165, 1.54) is 11.3 Å². The third kappa shape index (κ3) is 4.32. The average Bonchev–Trinajstić information content (AvgIpc) is 2.62. The van der Waals surface area contributed by atoms with E-state index in [4.69, 9.17) is 10.8 Å².